The Morgan fingerprint density at radius 3 is 1.73 bits per heavy atom. The van der Waals surface area contributed by atoms with Crippen molar-refractivity contribution in [2.75, 3.05) is 6.61 Å². The molecule has 0 unspecified atom stereocenters. The summed E-state index contributed by atoms with van der Waals surface area (Å²) in [6, 6.07) is 38.9. The number of unbranched alkanes of at least 4 members (excludes halogenated alkanes) is 2. The maximum absolute atomic E-state index is 14.5. The van der Waals surface area contributed by atoms with Gasteiger partial charge in [-0.2, -0.15) is 0 Å². The molecule has 22 atom stereocenters. The molecule has 0 amide bonds. The molecular weight excluding hydrogens is 1160 g/mol. The van der Waals surface area contributed by atoms with Crippen molar-refractivity contribution in [2.45, 2.75) is 286 Å². The van der Waals surface area contributed by atoms with Crippen LogP contribution in [0, 0.1) is 0 Å². The summed E-state index contributed by atoms with van der Waals surface area (Å²) in [5.74, 6) is -1.50. The van der Waals surface area contributed by atoms with Crippen molar-refractivity contribution in [2.24, 2.45) is 0 Å². The smallest absolute Gasteiger partial charge is 0.306 e. The standard InChI is InChI=1S/C71H96O19/c1-7-8-18-37-51-38-27-12-10-9-11-13-28-39-53(72)84-61-58-52(43-78-66(85-58)50-35-25-17-26-36-50)83-70(88-65-62-57(89-71(5,6)90-62)46(4)81-69(65)82-51)64(61)87-67-55(74)59(54(73)44(2)79-67)86-68-63(77-42-49-33-23-16-24-34-49)60(76-41-48-31-21-15-22-32-48)56(45(3)80-68)75-40-47-29-19-14-20-30-47/h14-17,19-26,29-36,44-46,51-52,54-70,73-74H,7-13,18,27-28,37-43H2,1-6H3/t44-,45-,46+,51-,52+,54-,55+,56-,57-,58+,59+,60+,61-,62-,63+,64+,65+,66+,67-,68-,69-,70-/m0/s1. The van der Waals surface area contributed by atoms with Gasteiger partial charge in [0.15, 0.2) is 49.4 Å². The quantitative estimate of drug-likeness (QED) is 0.0702. The molecule has 19 nitrogen and oxygen atoms in total. The Labute approximate surface area is 530 Å². The zero-order chi connectivity index (χ0) is 62.6. The number of carbonyl (C=O) groups is 1. The van der Waals surface area contributed by atoms with Gasteiger partial charge in [-0.25, -0.2) is 0 Å². The lowest BCUT2D eigenvalue weighted by Crippen LogP contribution is -2.68. The summed E-state index contributed by atoms with van der Waals surface area (Å²) in [7, 11) is 0. The number of hydrogen-bond donors (Lipinski definition) is 2. The first-order valence-corrected chi connectivity index (χ1v) is 33.2. The molecule has 0 radical (unpaired) electrons. The fourth-order valence-electron chi connectivity index (χ4n) is 13.5. The molecule has 4 aromatic carbocycles. The van der Waals surface area contributed by atoms with Crippen molar-refractivity contribution in [1.29, 1.82) is 0 Å². The van der Waals surface area contributed by atoms with Crippen LogP contribution in [0.25, 0.3) is 0 Å². The van der Waals surface area contributed by atoms with Crippen LogP contribution in [0.5, 0.6) is 0 Å². The number of aliphatic hydroxyl groups excluding tert-OH is 2. The predicted molar refractivity (Wildman–Crippen MR) is 328 cm³/mol. The third-order valence-corrected chi connectivity index (χ3v) is 18.3. The topological polar surface area (TPSA) is 205 Å². The summed E-state index contributed by atoms with van der Waals surface area (Å²) in [4.78, 5) is 14.5. The molecule has 19 heteroatoms. The van der Waals surface area contributed by atoms with Crippen LogP contribution in [0.15, 0.2) is 121 Å². The van der Waals surface area contributed by atoms with Gasteiger partial charge in [-0.05, 0) is 70.6 Å². The second-order valence-corrected chi connectivity index (χ2v) is 25.7. The lowest BCUT2D eigenvalue weighted by Gasteiger charge is -2.52. The van der Waals surface area contributed by atoms with E-state index in [0.29, 0.717) is 6.42 Å². The predicted octanol–water partition coefficient (Wildman–Crippen LogP) is 10.6. The van der Waals surface area contributed by atoms with Crippen LogP contribution < -0.4 is 0 Å². The van der Waals surface area contributed by atoms with Gasteiger partial charge in [0.25, 0.3) is 0 Å². The van der Waals surface area contributed by atoms with Gasteiger partial charge >= 0.3 is 5.97 Å². The van der Waals surface area contributed by atoms with Crippen LogP contribution in [-0.4, -0.2) is 158 Å². The number of ether oxygens (including phenoxy) is 16. The molecule has 4 aromatic rings. The Hall–Kier alpha value is -4.33. The van der Waals surface area contributed by atoms with Gasteiger partial charge in [0, 0.05) is 12.0 Å². The number of fused-ring (bicyclic) bond motifs is 7. The largest absolute Gasteiger partial charge is 0.456 e. The molecule has 7 heterocycles. The van der Waals surface area contributed by atoms with E-state index in [-0.39, 0.29) is 39.0 Å². The summed E-state index contributed by atoms with van der Waals surface area (Å²) in [6.45, 7) is 12.0. The lowest BCUT2D eigenvalue weighted by atomic mass is 9.95. The molecule has 11 rings (SSSR count). The monoisotopic (exact) mass is 1250 g/mol. The summed E-state index contributed by atoms with van der Waals surface area (Å²) in [5.41, 5.74) is 3.51. The van der Waals surface area contributed by atoms with Crippen LogP contribution in [0.2, 0.25) is 0 Å². The Balaban J connectivity index is 0.940. The van der Waals surface area contributed by atoms with Crippen molar-refractivity contribution in [3.63, 3.8) is 0 Å². The van der Waals surface area contributed by atoms with Crippen LogP contribution in [0.4, 0.5) is 0 Å². The van der Waals surface area contributed by atoms with Gasteiger partial charge < -0.3 is 86.0 Å². The van der Waals surface area contributed by atoms with E-state index in [1.165, 1.54) is 0 Å². The second-order valence-electron chi connectivity index (χ2n) is 25.7. The number of carbonyl (C=O) groups excluding carboxylic acids is 1. The minimum absolute atomic E-state index is 0.0183. The highest BCUT2D eigenvalue weighted by atomic mass is 16.8. The molecular formula is C71H96O19. The number of esters is 1. The molecule has 2 bridgehead atoms. The van der Waals surface area contributed by atoms with Gasteiger partial charge in [0.2, 0.25) is 0 Å². The first kappa shape index (κ1) is 67.1. The van der Waals surface area contributed by atoms with Crippen molar-refractivity contribution >= 4 is 5.97 Å². The van der Waals surface area contributed by atoms with E-state index < -0.39 is 141 Å². The highest BCUT2D eigenvalue weighted by molar-refractivity contribution is 5.69. The maximum atomic E-state index is 14.5. The Morgan fingerprint density at radius 2 is 1.08 bits per heavy atom. The molecule has 494 valence electrons. The normalized spacial score (nSPS) is 37.8. The highest BCUT2D eigenvalue weighted by Gasteiger charge is 2.61. The summed E-state index contributed by atoms with van der Waals surface area (Å²) in [6.07, 6.45) is -10.9. The van der Waals surface area contributed by atoms with E-state index in [0.717, 1.165) is 92.9 Å². The SMILES string of the molecule is CCCCC[C@H]1CCCCCCCCCC(=O)O[C@@H]2[C@@H](O[C@@H]3O[C@@H](C)[C@H](O)[C@@H](O[C@@H]4O[C@@H](C)[C@H](OCc5ccccc5)[C@@H](OCc5ccccc5)[C@H]4OCc4ccccc4)[C@H]3O)[C@H](O[C@H]3[C@H](O1)O[C@H](C)[C@@H]1OC(C)(C)O[C@@H]13)O[C@@H]1CO[C@@H](c3ccccc3)O[C@@H]21. The molecule has 7 saturated heterocycles. The third kappa shape index (κ3) is 17.1. The minimum atomic E-state index is -1.74. The first-order valence-electron chi connectivity index (χ1n) is 33.2. The average molecular weight is 1250 g/mol. The van der Waals surface area contributed by atoms with Crippen LogP contribution >= 0.6 is 0 Å². The van der Waals surface area contributed by atoms with Crippen molar-refractivity contribution < 1.29 is 90.8 Å². The van der Waals surface area contributed by atoms with Gasteiger partial charge in [0.1, 0.15) is 67.1 Å². The molecule has 0 saturated carbocycles. The molecule has 0 aliphatic carbocycles. The first-order chi connectivity index (χ1) is 43.8. The zero-order valence-corrected chi connectivity index (χ0v) is 53.1. The van der Waals surface area contributed by atoms with Crippen LogP contribution in [0.3, 0.4) is 0 Å². The molecule has 7 aliphatic rings. The van der Waals surface area contributed by atoms with Crippen LogP contribution in [0.1, 0.15) is 154 Å². The minimum Gasteiger partial charge on any atom is -0.456 e. The molecule has 0 aromatic heterocycles. The van der Waals surface area contributed by atoms with E-state index in [1.807, 2.05) is 149 Å². The van der Waals surface area contributed by atoms with Gasteiger partial charge in [-0.1, -0.05) is 186 Å². The van der Waals surface area contributed by atoms with Crippen LogP contribution in [-0.2, 0) is 100 Å². The number of rotatable bonds is 18. The molecule has 7 fully saturated rings. The molecule has 90 heavy (non-hydrogen) atoms. The molecule has 7 aliphatic heterocycles. The van der Waals surface area contributed by atoms with Gasteiger partial charge in [-0.15, -0.1) is 0 Å². The van der Waals surface area contributed by atoms with Crippen molar-refractivity contribution in [3.8, 4) is 0 Å². The van der Waals surface area contributed by atoms with E-state index in [1.54, 1.807) is 6.92 Å². The Kier molecular flexibility index (Phi) is 24.0. The van der Waals surface area contributed by atoms with E-state index in [2.05, 4.69) is 6.92 Å². The molecule has 2 N–H and O–H groups in total. The van der Waals surface area contributed by atoms with E-state index in [9.17, 15) is 15.0 Å². The zero-order valence-electron chi connectivity index (χ0n) is 53.1. The molecule has 0 spiro atoms. The second kappa shape index (κ2) is 32.2. The Bertz CT molecular complexity index is 2750. The Morgan fingerprint density at radius 1 is 0.500 bits per heavy atom. The third-order valence-electron chi connectivity index (χ3n) is 18.3. The van der Waals surface area contributed by atoms with E-state index in [4.69, 9.17) is 75.8 Å². The van der Waals surface area contributed by atoms with E-state index >= 15 is 0 Å². The fraction of sp³-hybridized carbons (Fsp3) is 0.648. The summed E-state index contributed by atoms with van der Waals surface area (Å²) < 4.78 is 110. The highest BCUT2D eigenvalue weighted by Crippen LogP contribution is 2.44. The maximum Gasteiger partial charge on any atom is 0.306 e. The summed E-state index contributed by atoms with van der Waals surface area (Å²) >= 11 is 0. The van der Waals surface area contributed by atoms with Gasteiger partial charge in [-0.3, -0.25) is 4.79 Å². The van der Waals surface area contributed by atoms with Crippen molar-refractivity contribution in [1.82, 2.24) is 0 Å². The number of aliphatic hydroxyl groups is 2. The lowest BCUT2D eigenvalue weighted by molar-refractivity contribution is -0.414. The fourth-order valence-corrected chi connectivity index (χ4v) is 13.5. The number of benzene rings is 4. The number of hydrogen-bond acceptors (Lipinski definition) is 19. The summed E-state index contributed by atoms with van der Waals surface area (Å²) in [5, 5.41) is 25.3. The average Bonchev–Trinajstić information content (AvgIpc) is 1.24. The van der Waals surface area contributed by atoms with Gasteiger partial charge in [0.05, 0.1) is 50.8 Å². The van der Waals surface area contributed by atoms with Crippen molar-refractivity contribution in [3.05, 3.63) is 144 Å².